The van der Waals surface area contributed by atoms with E-state index < -0.39 is 18.0 Å². The summed E-state index contributed by atoms with van der Waals surface area (Å²) >= 11 is 3.31. The fraction of sp³-hybridized carbons (Fsp3) is 0.273. The van der Waals surface area contributed by atoms with Crippen LogP contribution in [-0.2, 0) is 5.33 Å². The van der Waals surface area contributed by atoms with E-state index in [9.17, 15) is 13.2 Å². The molecule has 0 fully saturated rings. The Kier molecular flexibility index (Phi) is 3.33. The first-order chi connectivity index (χ1) is 8.00. The third-order valence-electron chi connectivity index (χ3n) is 2.47. The summed E-state index contributed by atoms with van der Waals surface area (Å²) in [5.41, 5.74) is 1.10. The normalized spacial score (nSPS) is 19.5. The van der Waals surface area contributed by atoms with Crippen molar-refractivity contribution in [2.24, 2.45) is 0 Å². The third-order valence-corrected chi connectivity index (χ3v) is 3.11. The van der Waals surface area contributed by atoms with Gasteiger partial charge in [0.05, 0.1) is 0 Å². The summed E-state index contributed by atoms with van der Waals surface area (Å²) in [6.45, 7) is 0. The zero-order valence-electron chi connectivity index (χ0n) is 8.68. The molecule has 0 aromatic heterocycles. The van der Waals surface area contributed by atoms with Crippen LogP contribution in [-0.4, -0.2) is 6.18 Å². The van der Waals surface area contributed by atoms with Gasteiger partial charge >= 0.3 is 6.18 Å². The first-order valence-corrected chi connectivity index (χ1v) is 6.07. The van der Waals surface area contributed by atoms with Crippen LogP contribution in [0.3, 0.4) is 0 Å². The van der Waals surface area contributed by atoms with Crippen molar-refractivity contribution < 1.29 is 13.2 Å². The van der Waals surface area contributed by atoms with E-state index in [0.717, 1.165) is 22.7 Å². The molecule has 2 nitrogen and oxygen atoms in total. The zero-order chi connectivity index (χ0) is 12.5. The maximum atomic E-state index is 12.4. The quantitative estimate of drug-likeness (QED) is 0.820. The number of nitrogens with one attached hydrogen (secondary N) is 2. The van der Waals surface area contributed by atoms with Crippen molar-refractivity contribution in [2.45, 2.75) is 17.7 Å². The molecule has 1 aromatic carbocycles. The molecule has 0 aliphatic carbocycles. The number of allylic oxidation sites excluding steroid dienone is 1. The van der Waals surface area contributed by atoms with Crippen LogP contribution >= 0.6 is 15.9 Å². The molecule has 0 bridgehead atoms. The largest absolute Gasteiger partial charge is 0.432 e. The first-order valence-electron chi connectivity index (χ1n) is 4.95. The second-order valence-electron chi connectivity index (χ2n) is 3.68. The van der Waals surface area contributed by atoms with E-state index in [1.165, 1.54) is 0 Å². The van der Waals surface area contributed by atoms with E-state index in [1.54, 1.807) is 12.1 Å². The van der Waals surface area contributed by atoms with E-state index in [0.29, 0.717) is 0 Å². The van der Waals surface area contributed by atoms with Crippen molar-refractivity contribution in [1.82, 2.24) is 10.6 Å². The third kappa shape index (κ3) is 2.74. The number of benzene rings is 1. The number of rotatable bonds is 2. The summed E-state index contributed by atoms with van der Waals surface area (Å²) in [5, 5.41) is 5.79. The van der Waals surface area contributed by atoms with Gasteiger partial charge in [0.25, 0.3) is 0 Å². The minimum Gasteiger partial charge on any atom is -0.366 e. The van der Waals surface area contributed by atoms with Gasteiger partial charge in [-0.15, -0.1) is 0 Å². The van der Waals surface area contributed by atoms with Gasteiger partial charge in [-0.05, 0) is 11.1 Å². The van der Waals surface area contributed by atoms with Crippen molar-refractivity contribution >= 4 is 15.9 Å². The Balaban J connectivity index is 2.07. The standard InChI is InChI=1S/C11H10BrF3N2/c12-5-7-1-3-8(4-2-7)10-16-6-9(17-10)11(13,14)15/h1-4,6,10,16-17H,5H2. The maximum Gasteiger partial charge on any atom is 0.432 e. The van der Waals surface area contributed by atoms with Gasteiger partial charge in [-0.3, -0.25) is 0 Å². The molecule has 0 amide bonds. The highest BCUT2D eigenvalue weighted by Gasteiger charge is 2.38. The van der Waals surface area contributed by atoms with Crippen LogP contribution in [0.15, 0.2) is 36.2 Å². The molecule has 1 aromatic rings. The maximum absolute atomic E-state index is 12.4. The summed E-state index contributed by atoms with van der Waals surface area (Å²) in [7, 11) is 0. The van der Waals surface area contributed by atoms with Crippen LogP contribution in [0.1, 0.15) is 17.3 Å². The fourth-order valence-corrected chi connectivity index (χ4v) is 1.92. The smallest absolute Gasteiger partial charge is 0.366 e. The Morgan fingerprint density at radius 2 is 1.82 bits per heavy atom. The van der Waals surface area contributed by atoms with Crippen LogP contribution < -0.4 is 10.6 Å². The topological polar surface area (TPSA) is 24.1 Å². The van der Waals surface area contributed by atoms with Crippen LogP contribution in [0.2, 0.25) is 0 Å². The van der Waals surface area contributed by atoms with Gasteiger partial charge in [0.1, 0.15) is 11.9 Å². The molecule has 6 heteroatoms. The Bertz CT molecular complexity index is 425. The molecule has 1 aliphatic rings. The summed E-state index contributed by atoms with van der Waals surface area (Å²) in [6, 6.07) is 7.35. The van der Waals surface area contributed by atoms with Crippen molar-refractivity contribution in [2.75, 3.05) is 0 Å². The second kappa shape index (κ2) is 4.60. The lowest BCUT2D eigenvalue weighted by molar-refractivity contribution is -0.0963. The molecule has 0 saturated heterocycles. The van der Waals surface area contributed by atoms with Gasteiger partial charge < -0.3 is 10.6 Å². The average molecular weight is 307 g/mol. The van der Waals surface area contributed by atoms with Crippen LogP contribution in [0.5, 0.6) is 0 Å². The lowest BCUT2D eigenvalue weighted by Gasteiger charge is -2.15. The molecule has 1 heterocycles. The predicted molar refractivity (Wildman–Crippen MR) is 62.2 cm³/mol. The van der Waals surface area contributed by atoms with Gasteiger partial charge in [0.15, 0.2) is 0 Å². The Morgan fingerprint density at radius 1 is 1.18 bits per heavy atom. The molecule has 1 atom stereocenters. The van der Waals surface area contributed by atoms with Crippen LogP contribution in [0.25, 0.3) is 0 Å². The predicted octanol–water partition coefficient (Wildman–Crippen LogP) is 3.18. The SMILES string of the molecule is FC(F)(F)C1=CNC(c2ccc(CBr)cc2)N1. The monoisotopic (exact) mass is 306 g/mol. The van der Waals surface area contributed by atoms with Gasteiger partial charge in [-0.25, -0.2) is 0 Å². The van der Waals surface area contributed by atoms with Crippen molar-refractivity contribution in [3.05, 3.63) is 47.3 Å². The highest BCUT2D eigenvalue weighted by Crippen LogP contribution is 2.28. The van der Waals surface area contributed by atoms with Gasteiger partial charge in [-0.2, -0.15) is 13.2 Å². The summed E-state index contributed by atoms with van der Waals surface area (Å²) in [6.07, 6.45) is -3.89. The van der Waals surface area contributed by atoms with E-state index in [1.807, 2.05) is 12.1 Å². The molecule has 0 radical (unpaired) electrons. The molecule has 1 unspecified atom stereocenters. The molecule has 2 rings (SSSR count). The van der Waals surface area contributed by atoms with Crippen LogP contribution in [0.4, 0.5) is 13.2 Å². The Morgan fingerprint density at radius 3 is 2.29 bits per heavy atom. The van der Waals surface area contributed by atoms with E-state index >= 15 is 0 Å². The second-order valence-corrected chi connectivity index (χ2v) is 4.24. The molecule has 92 valence electrons. The van der Waals surface area contributed by atoms with Crippen LogP contribution in [0, 0.1) is 0 Å². The number of hydrogen-bond donors (Lipinski definition) is 2. The zero-order valence-corrected chi connectivity index (χ0v) is 10.3. The first kappa shape index (κ1) is 12.3. The number of alkyl halides is 4. The summed E-state index contributed by atoms with van der Waals surface area (Å²) in [5.74, 6) is 0. The number of hydrogen-bond acceptors (Lipinski definition) is 2. The average Bonchev–Trinajstić information content (AvgIpc) is 2.78. The lowest BCUT2D eigenvalue weighted by Crippen LogP contribution is -2.27. The molecular weight excluding hydrogens is 297 g/mol. The van der Waals surface area contributed by atoms with E-state index in [2.05, 4.69) is 26.6 Å². The minimum atomic E-state index is -4.34. The van der Waals surface area contributed by atoms with Gasteiger partial charge in [-0.1, -0.05) is 40.2 Å². The lowest BCUT2D eigenvalue weighted by atomic mass is 10.1. The van der Waals surface area contributed by atoms with Crippen molar-refractivity contribution in [3.63, 3.8) is 0 Å². The molecule has 0 saturated carbocycles. The Labute approximate surface area is 105 Å². The summed E-state index contributed by atoms with van der Waals surface area (Å²) < 4.78 is 37.2. The highest BCUT2D eigenvalue weighted by atomic mass is 79.9. The number of halogens is 4. The van der Waals surface area contributed by atoms with E-state index in [4.69, 9.17) is 0 Å². The molecular formula is C11H10BrF3N2. The van der Waals surface area contributed by atoms with Gasteiger partial charge in [0, 0.05) is 11.5 Å². The Hall–Kier alpha value is -1.17. The van der Waals surface area contributed by atoms with Crippen molar-refractivity contribution in [3.8, 4) is 0 Å². The van der Waals surface area contributed by atoms with Gasteiger partial charge in [0.2, 0.25) is 0 Å². The molecule has 2 N–H and O–H groups in total. The highest BCUT2D eigenvalue weighted by molar-refractivity contribution is 9.08. The van der Waals surface area contributed by atoms with Crippen molar-refractivity contribution in [1.29, 1.82) is 0 Å². The fourth-order valence-electron chi connectivity index (χ4n) is 1.55. The van der Waals surface area contributed by atoms with E-state index in [-0.39, 0.29) is 0 Å². The minimum absolute atomic E-state index is 0.518. The molecule has 1 aliphatic heterocycles. The summed E-state index contributed by atoms with van der Waals surface area (Å²) in [4.78, 5) is 0. The molecule has 17 heavy (non-hydrogen) atoms. The molecule has 0 spiro atoms.